The summed E-state index contributed by atoms with van der Waals surface area (Å²) in [6.45, 7) is 3.80. The third-order valence-corrected chi connectivity index (χ3v) is 2.82. The number of carboxylic acids is 1. The van der Waals surface area contributed by atoms with Gasteiger partial charge in [0, 0.05) is 12.2 Å². The highest BCUT2D eigenvalue weighted by Gasteiger charge is 2.20. The molecule has 0 bridgehead atoms. The minimum Gasteiger partial charge on any atom is -0.477 e. The second kappa shape index (κ2) is 7.32. The van der Waals surface area contributed by atoms with Gasteiger partial charge in [-0.25, -0.2) is 9.59 Å². The van der Waals surface area contributed by atoms with E-state index in [0.29, 0.717) is 12.2 Å². The molecule has 116 valence electrons. The lowest BCUT2D eigenvalue weighted by Gasteiger charge is -2.21. The van der Waals surface area contributed by atoms with Crippen LogP contribution in [0.2, 0.25) is 0 Å². The first-order valence-electron chi connectivity index (χ1n) is 6.62. The number of aromatic nitrogens is 1. The van der Waals surface area contributed by atoms with E-state index in [0.717, 1.165) is 12.8 Å². The zero-order valence-electron chi connectivity index (χ0n) is 12.1. The molecule has 21 heavy (non-hydrogen) atoms. The van der Waals surface area contributed by atoms with Gasteiger partial charge in [0.25, 0.3) is 0 Å². The molecule has 5 N–H and O–H groups in total. The Bertz CT molecular complexity index is 538. The zero-order valence-corrected chi connectivity index (χ0v) is 12.1. The maximum atomic E-state index is 12.1. The van der Waals surface area contributed by atoms with Gasteiger partial charge in [-0.3, -0.25) is 4.79 Å². The number of urea groups is 1. The first-order valence-corrected chi connectivity index (χ1v) is 6.62. The van der Waals surface area contributed by atoms with Gasteiger partial charge in [-0.1, -0.05) is 13.3 Å². The molecule has 8 nitrogen and oxygen atoms in total. The molecule has 0 saturated heterocycles. The van der Waals surface area contributed by atoms with Gasteiger partial charge in [-0.05, 0) is 19.4 Å². The summed E-state index contributed by atoms with van der Waals surface area (Å²) in [5.41, 5.74) is 5.79. The van der Waals surface area contributed by atoms with Crippen molar-refractivity contribution in [2.75, 3.05) is 18.4 Å². The molecule has 1 rings (SSSR count). The van der Waals surface area contributed by atoms with Crippen LogP contribution in [-0.2, 0) is 4.79 Å². The summed E-state index contributed by atoms with van der Waals surface area (Å²) in [6.07, 6.45) is 1.57. The maximum absolute atomic E-state index is 12.1. The lowest BCUT2D eigenvalue weighted by molar-refractivity contribution is -0.118. The third-order valence-electron chi connectivity index (χ3n) is 2.82. The van der Waals surface area contributed by atoms with Crippen LogP contribution in [0.5, 0.6) is 0 Å². The monoisotopic (exact) mass is 296 g/mol. The summed E-state index contributed by atoms with van der Waals surface area (Å²) < 4.78 is 0. The largest absolute Gasteiger partial charge is 0.477 e. The van der Waals surface area contributed by atoms with Crippen LogP contribution in [0.4, 0.5) is 10.5 Å². The molecule has 0 spiro atoms. The van der Waals surface area contributed by atoms with E-state index in [2.05, 4.69) is 10.3 Å². The third kappa shape index (κ3) is 4.83. The van der Waals surface area contributed by atoms with Crippen LogP contribution in [0, 0.1) is 6.92 Å². The number of nitrogens with one attached hydrogen (secondary N) is 2. The van der Waals surface area contributed by atoms with Crippen molar-refractivity contribution in [3.8, 4) is 0 Å². The van der Waals surface area contributed by atoms with E-state index in [4.69, 9.17) is 10.8 Å². The highest BCUT2D eigenvalue weighted by atomic mass is 16.4. The van der Waals surface area contributed by atoms with Gasteiger partial charge in [-0.2, -0.15) is 0 Å². The Morgan fingerprint density at radius 2 is 2.10 bits per heavy atom. The number of hydrogen-bond donors (Lipinski definition) is 4. The highest BCUT2D eigenvalue weighted by Crippen LogP contribution is 2.17. The second-order valence-corrected chi connectivity index (χ2v) is 4.72. The number of carbonyl (C=O) groups is 3. The minimum atomic E-state index is -1.17. The van der Waals surface area contributed by atoms with Crippen LogP contribution in [-0.4, -0.2) is 46.0 Å². The molecule has 0 saturated carbocycles. The van der Waals surface area contributed by atoms with Crippen molar-refractivity contribution in [3.63, 3.8) is 0 Å². The molecule has 0 aliphatic rings. The Morgan fingerprint density at radius 3 is 2.62 bits per heavy atom. The van der Waals surface area contributed by atoms with Crippen molar-refractivity contribution < 1.29 is 19.5 Å². The SMILES string of the molecule is CCCCN(CC(N)=O)C(=O)Nc1cc(C)[nH]c1C(=O)O. The quantitative estimate of drug-likeness (QED) is 0.601. The molecule has 0 aromatic carbocycles. The lowest BCUT2D eigenvalue weighted by atomic mass is 10.3. The summed E-state index contributed by atoms with van der Waals surface area (Å²) in [5, 5.41) is 11.5. The number of amides is 3. The van der Waals surface area contributed by atoms with E-state index >= 15 is 0 Å². The number of hydrogen-bond acceptors (Lipinski definition) is 3. The van der Waals surface area contributed by atoms with Crippen molar-refractivity contribution >= 4 is 23.6 Å². The zero-order chi connectivity index (χ0) is 16.0. The van der Waals surface area contributed by atoms with Gasteiger partial charge in [0.2, 0.25) is 5.91 Å². The first kappa shape index (κ1) is 16.5. The van der Waals surface area contributed by atoms with Crippen molar-refractivity contribution in [3.05, 3.63) is 17.5 Å². The normalized spacial score (nSPS) is 10.2. The van der Waals surface area contributed by atoms with Crippen LogP contribution in [0.15, 0.2) is 6.07 Å². The molecule has 0 fully saturated rings. The molecule has 8 heteroatoms. The summed E-state index contributed by atoms with van der Waals surface area (Å²) >= 11 is 0. The van der Waals surface area contributed by atoms with Crippen LogP contribution in [0.25, 0.3) is 0 Å². The van der Waals surface area contributed by atoms with E-state index < -0.39 is 17.9 Å². The smallest absolute Gasteiger partial charge is 0.354 e. The second-order valence-electron chi connectivity index (χ2n) is 4.72. The predicted molar refractivity (Wildman–Crippen MR) is 77.2 cm³/mol. The maximum Gasteiger partial charge on any atom is 0.354 e. The fraction of sp³-hybridized carbons (Fsp3) is 0.462. The van der Waals surface area contributed by atoms with Crippen molar-refractivity contribution in [2.24, 2.45) is 5.73 Å². The molecule has 0 unspecified atom stereocenters. The number of anilines is 1. The number of nitrogens with zero attached hydrogens (tertiary/aromatic N) is 1. The van der Waals surface area contributed by atoms with Crippen LogP contribution in [0.3, 0.4) is 0 Å². The van der Waals surface area contributed by atoms with Gasteiger partial charge >= 0.3 is 12.0 Å². The topological polar surface area (TPSA) is 129 Å². The van der Waals surface area contributed by atoms with Crippen molar-refractivity contribution in [2.45, 2.75) is 26.7 Å². The number of carbonyl (C=O) groups excluding carboxylic acids is 2. The summed E-state index contributed by atoms with van der Waals surface area (Å²) in [7, 11) is 0. The lowest BCUT2D eigenvalue weighted by Crippen LogP contribution is -2.41. The average molecular weight is 296 g/mol. The Hall–Kier alpha value is -2.51. The molecule has 0 radical (unpaired) electrons. The number of unbranched alkanes of at least 4 members (excludes halogenated alkanes) is 1. The number of rotatable bonds is 7. The first-order chi connectivity index (χ1) is 9.85. The van der Waals surface area contributed by atoms with Crippen LogP contribution >= 0.6 is 0 Å². The van der Waals surface area contributed by atoms with Gasteiger partial charge in [0.05, 0.1) is 5.69 Å². The number of carboxylic acid groups (broad SMARTS) is 1. The van der Waals surface area contributed by atoms with Crippen molar-refractivity contribution in [1.82, 2.24) is 9.88 Å². The molecule has 0 aliphatic heterocycles. The Morgan fingerprint density at radius 1 is 1.43 bits per heavy atom. The standard InChI is InChI=1S/C13H20N4O4/c1-3-4-5-17(7-10(14)18)13(21)16-9-6-8(2)15-11(9)12(19)20/h6,15H,3-5,7H2,1-2H3,(H2,14,18)(H,16,21)(H,19,20). The van der Waals surface area contributed by atoms with Gasteiger partial charge in [-0.15, -0.1) is 0 Å². The molecular weight excluding hydrogens is 276 g/mol. The number of aryl methyl sites for hydroxylation is 1. The number of H-pyrrole nitrogens is 1. The summed E-state index contributed by atoms with van der Waals surface area (Å²) in [6, 6.07) is 0.965. The Balaban J connectivity index is 2.85. The van der Waals surface area contributed by atoms with Gasteiger partial charge in [0.1, 0.15) is 12.2 Å². The predicted octanol–water partition coefficient (Wildman–Crippen LogP) is 1.14. The van der Waals surface area contributed by atoms with E-state index in [1.165, 1.54) is 11.0 Å². The molecular formula is C13H20N4O4. The molecule has 3 amide bonds. The van der Waals surface area contributed by atoms with Gasteiger partial charge in [0.15, 0.2) is 0 Å². The number of aromatic carboxylic acids is 1. The minimum absolute atomic E-state index is 0.102. The van der Waals surface area contributed by atoms with E-state index in [1.807, 2.05) is 6.92 Å². The van der Waals surface area contributed by atoms with Gasteiger partial charge < -0.3 is 26.0 Å². The van der Waals surface area contributed by atoms with Crippen LogP contribution in [0.1, 0.15) is 35.9 Å². The fourth-order valence-electron chi connectivity index (χ4n) is 1.84. The molecule has 0 aliphatic carbocycles. The number of nitrogens with two attached hydrogens (primary N) is 1. The van der Waals surface area contributed by atoms with E-state index in [1.54, 1.807) is 6.92 Å². The van der Waals surface area contributed by atoms with E-state index in [9.17, 15) is 14.4 Å². The molecule has 1 aromatic heterocycles. The molecule has 1 aromatic rings. The van der Waals surface area contributed by atoms with Crippen LogP contribution < -0.4 is 11.1 Å². The highest BCUT2D eigenvalue weighted by molar-refractivity contribution is 5.99. The average Bonchev–Trinajstić information content (AvgIpc) is 2.75. The summed E-state index contributed by atoms with van der Waals surface area (Å²) in [4.78, 5) is 38.1. The van der Waals surface area contributed by atoms with E-state index in [-0.39, 0.29) is 17.9 Å². The molecule has 0 atom stereocenters. The van der Waals surface area contributed by atoms with Crippen molar-refractivity contribution in [1.29, 1.82) is 0 Å². The fourth-order valence-corrected chi connectivity index (χ4v) is 1.84. The Labute approximate surface area is 122 Å². The number of aromatic amines is 1. The Kier molecular flexibility index (Phi) is 5.77. The molecule has 1 heterocycles. The summed E-state index contributed by atoms with van der Waals surface area (Å²) in [5.74, 6) is -1.79. The number of primary amides is 1.